The Bertz CT molecular complexity index is 340. The zero-order chi connectivity index (χ0) is 12.1. The molecule has 0 aliphatic carbocycles. The molecule has 1 aromatic rings. The number of hydrogen-bond acceptors (Lipinski definition) is 3. The molecule has 0 amide bonds. The zero-order valence-electron chi connectivity index (χ0n) is 9.61. The smallest absolute Gasteiger partial charge is 0.165 e. The van der Waals surface area contributed by atoms with Crippen molar-refractivity contribution in [2.75, 3.05) is 6.61 Å². The van der Waals surface area contributed by atoms with Crippen LogP contribution < -0.4 is 10.5 Å². The molecule has 1 aromatic carbocycles. The molecule has 0 bridgehead atoms. The maximum Gasteiger partial charge on any atom is 0.165 e. The molecule has 90 valence electrons. The average Bonchev–Trinajstić information content (AvgIpc) is 2.19. The molecule has 0 radical (unpaired) electrons. The second kappa shape index (κ2) is 5.82. The van der Waals surface area contributed by atoms with E-state index in [1.165, 1.54) is 6.07 Å². The maximum absolute atomic E-state index is 13.5. The molecule has 3 nitrogen and oxygen atoms in total. The number of halogens is 1. The molecule has 0 aromatic heterocycles. The van der Waals surface area contributed by atoms with Gasteiger partial charge in [0.2, 0.25) is 0 Å². The van der Waals surface area contributed by atoms with Crippen LogP contribution in [0, 0.1) is 5.82 Å². The van der Waals surface area contributed by atoms with Gasteiger partial charge in [0.25, 0.3) is 0 Å². The molecule has 0 fully saturated rings. The highest BCUT2D eigenvalue weighted by Crippen LogP contribution is 2.21. The maximum atomic E-state index is 13.5. The van der Waals surface area contributed by atoms with Crippen molar-refractivity contribution in [1.82, 2.24) is 0 Å². The fourth-order valence-electron chi connectivity index (χ4n) is 1.26. The summed E-state index contributed by atoms with van der Waals surface area (Å²) in [5, 5.41) is 9.03. The molecule has 2 atom stereocenters. The second-order valence-electron chi connectivity index (χ2n) is 3.96. The van der Waals surface area contributed by atoms with Gasteiger partial charge in [-0.05, 0) is 31.5 Å². The number of aliphatic hydroxyl groups excluding tert-OH is 1. The van der Waals surface area contributed by atoms with E-state index in [1.807, 2.05) is 0 Å². The molecule has 1 rings (SSSR count). The van der Waals surface area contributed by atoms with Gasteiger partial charge in [0.05, 0.1) is 12.7 Å². The average molecular weight is 227 g/mol. The van der Waals surface area contributed by atoms with Gasteiger partial charge in [-0.15, -0.1) is 0 Å². The highest BCUT2D eigenvalue weighted by molar-refractivity contribution is 5.30. The van der Waals surface area contributed by atoms with Crippen LogP contribution in [0.4, 0.5) is 4.39 Å². The van der Waals surface area contributed by atoms with E-state index in [1.54, 1.807) is 26.0 Å². The number of rotatable bonds is 5. The summed E-state index contributed by atoms with van der Waals surface area (Å²) >= 11 is 0. The summed E-state index contributed by atoms with van der Waals surface area (Å²) in [6.07, 6.45) is 0.0421. The molecule has 3 N–H and O–H groups in total. The largest absolute Gasteiger partial charge is 0.490 e. The Labute approximate surface area is 95.0 Å². The third-order valence-corrected chi connectivity index (χ3v) is 2.27. The lowest BCUT2D eigenvalue weighted by atomic mass is 10.1. The first-order chi connectivity index (χ1) is 7.50. The lowest BCUT2D eigenvalue weighted by Crippen LogP contribution is -2.09. The quantitative estimate of drug-likeness (QED) is 0.808. The Morgan fingerprint density at radius 3 is 2.62 bits per heavy atom. The molecule has 0 aliphatic rings. The third-order valence-electron chi connectivity index (χ3n) is 2.27. The Morgan fingerprint density at radius 1 is 1.44 bits per heavy atom. The van der Waals surface area contributed by atoms with Crippen LogP contribution in [0.25, 0.3) is 0 Å². The van der Waals surface area contributed by atoms with E-state index in [0.717, 1.165) is 5.56 Å². The molecule has 0 saturated carbocycles. The van der Waals surface area contributed by atoms with Gasteiger partial charge in [-0.25, -0.2) is 4.39 Å². The summed E-state index contributed by atoms with van der Waals surface area (Å²) in [7, 11) is 0. The molecular weight excluding hydrogens is 209 g/mol. The van der Waals surface area contributed by atoms with Gasteiger partial charge in [-0.3, -0.25) is 0 Å². The monoisotopic (exact) mass is 227 g/mol. The second-order valence-corrected chi connectivity index (χ2v) is 3.96. The standard InChI is InChI=1S/C12H18FNO2/c1-8(15)5-6-16-12-4-3-10(9(2)14)7-11(12)13/h3-4,7-9,15H,5-6,14H2,1-2H3/t8?,9-/m0/s1. The SMILES string of the molecule is CC(O)CCOc1ccc([C@H](C)N)cc1F. The molecule has 16 heavy (non-hydrogen) atoms. The summed E-state index contributed by atoms with van der Waals surface area (Å²) < 4.78 is 18.7. The van der Waals surface area contributed by atoms with E-state index in [2.05, 4.69) is 0 Å². The van der Waals surface area contributed by atoms with Crippen LogP contribution in [0.2, 0.25) is 0 Å². The molecule has 0 saturated heterocycles. The summed E-state index contributed by atoms with van der Waals surface area (Å²) in [4.78, 5) is 0. The van der Waals surface area contributed by atoms with Crippen LogP contribution in [-0.2, 0) is 0 Å². The number of aliphatic hydroxyl groups is 1. The first-order valence-electron chi connectivity index (χ1n) is 5.36. The lowest BCUT2D eigenvalue weighted by molar-refractivity contribution is 0.154. The van der Waals surface area contributed by atoms with Crippen molar-refractivity contribution in [3.05, 3.63) is 29.6 Å². The summed E-state index contributed by atoms with van der Waals surface area (Å²) in [5.41, 5.74) is 6.37. The minimum absolute atomic E-state index is 0.194. The minimum Gasteiger partial charge on any atom is -0.490 e. The number of ether oxygens (including phenoxy) is 1. The zero-order valence-corrected chi connectivity index (χ0v) is 9.61. The Morgan fingerprint density at radius 2 is 2.12 bits per heavy atom. The minimum atomic E-state index is -0.439. The highest BCUT2D eigenvalue weighted by atomic mass is 19.1. The van der Waals surface area contributed by atoms with E-state index in [4.69, 9.17) is 15.6 Å². The Hall–Kier alpha value is -1.13. The lowest BCUT2D eigenvalue weighted by Gasteiger charge is -2.11. The van der Waals surface area contributed by atoms with Crippen molar-refractivity contribution in [1.29, 1.82) is 0 Å². The predicted molar refractivity (Wildman–Crippen MR) is 60.8 cm³/mol. The van der Waals surface area contributed by atoms with Crippen LogP contribution in [0.3, 0.4) is 0 Å². The van der Waals surface area contributed by atoms with Crippen molar-refractivity contribution >= 4 is 0 Å². The third kappa shape index (κ3) is 3.79. The normalized spacial score (nSPS) is 14.6. The van der Waals surface area contributed by atoms with Gasteiger partial charge >= 0.3 is 0 Å². The first-order valence-corrected chi connectivity index (χ1v) is 5.36. The van der Waals surface area contributed by atoms with E-state index >= 15 is 0 Å². The molecular formula is C12H18FNO2. The molecule has 4 heteroatoms. The van der Waals surface area contributed by atoms with Gasteiger partial charge in [0.1, 0.15) is 0 Å². The number of nitrogens with two attached hydrogens (primary N) is 1. The molecule has 0 heterocycles. The van der Waals surface area contributed by atoms with Gasteiger partial charge in [-0.1, -0.05) is 6.07 Å². The van der Waals surface area contributed by atoms with E-state index < -0.39 is 11.9 Å². The highest BCUT2D eigenvalue weighted by Gasteiger charge is 2.07. The van der Waals surface area contributed by atoms with Crippen molar-refractivity contribution in [2.45, 2.75) is 32.4 Å². The van der Waals surface area contributed by atoms with Gasteiger partial charge in [0.15, 0.2) is 11.6 Å². The number of benzene rings is 1. The fraction of sp³-hybridized carbons (Fsp3) is 0.500. The predicted octanol–water partition coefficient (Wildman–Crippen LogP) is 2.00. The summed E-state index contributed by atoms with van der Waals surface area (Å²) in [6, 6.07) is 4.49. The van der Waals surface area contributed by atoms with Crippen molar-refractivity contribution in [2.24, 2.45) is 5.73 Å². The van der Waals surface area contributed by atoms with Crippen LogP contribution >= 0.6 is 0 Å². The van der Waals surface area contributed by atoms with Crippen LogP contribution in [0.5, 0.6) is 5.75 Å². The summed E-state index contributed by atoms with van der Waals surface area (Å²) in [5.74, 6) is -0.217. The van der Waals surface area contributed by atoms with Crippen molar-refractivity contribution in [3.63, 3.8) is 0 Å². The van der Waals surface area contributed by atoms with E-state index in [9.17, 15) is 4.39 Å². The van der Waals surface area contributed by atoms with Crippen molar-refractivity contribution < 1.29 is 14.2 Å². The Kier molecular flexibility index (Phi) is 4.71. The van der Waals surface area contributed by atoms with Gasteiger partial charge < -0.3 is 15.6 Å². The van der Waals surface area contributed by atoms with Crippen LogP contribution in [0.1, 0.15) is 31.9 Å². The topological polar surface area (TPSA) is 55.5 Å². The van der Waals surface area contributed by atoms with Crippen LogP contribution in [-0.4, -0.2) is 17.8 Å². The summed E-state index contributed by atoms with van der Waals surface area (Å²) in [6.45, 7) is 3.76. The van der Waals surface area contributed by atoms with Gasteiger partial charge in [0, 0.05) is 12.5 Å². The van der Waals surface area contributed by atoms with Crippen molar-refractivity contribution in [3.8, 4) is 5.75 Å². The number of hydrogen-bond donors (Lipinski definition) is 2. The van der Waals surface area contributed by atoms with Gasteiger partial charge in [-0.2, -0.15) is 0 Å². The molecule has 0 spiro atoms. The van der Waals surface area contributed by atoms with E-state index in [-0.39, 0.29) is 11.8 Å². The molecule has 0 aliphatic heterocycles. The van der Waals surface area contributed by atoms with E-state index in [0.29, 0.717) is 13.0 Å². The van der Waals surface area contributed by atoms with Crippen LogP contribution in [0.15, 0.2) is 18.2 Å². The fourth-order valence-corrected chi connectivity index (χ4v) is 1.26. The Balaban J connectivity index is 2.61. The first kappa shape index (κ1) is 12.9. The molecule has 1 unspecified atom stereocenters.